The lowest BCUT2D eigenvalue weighted by Gasteiger charge is -2.25. The molecule has 1 N–H and O–H groups in total. The van der Waals surface area contributed by atoms with Crippen molar-refractivity contribution in [3.05, 3.63) is 89.7 Å². The Kier molecular flexibility index (Phi) is 5.72. The van der Waals surface area contributed by atoms with Crippen molar-refractivity contribution < 1.29 is 14.5 Å². The molecule has 0 aliphatic carbocycles. The number of hydrogen-bond acceptors (Lipinski definition) is 3. The number of benzene rings is 2. The minimum atomic E-state index is -1.35. The number of aliphatic carboxylic acids is 1. The molecule has 2 unspecified atom stereocenters. The second-order valence-corrected chi connectivity index (χ2v) is 9.68. The first-order chi connectivity index (χ1) is 15.6. The third-order valence-electron chi connectivity index (χ3n) is 6.24. The zero-order valence-electron chi connectivity index (χ0n) is 17.6. The van der Waals surface area contributed by atoms with E-state index in [-0.39, 0.29) is 12.3 Å². The van der Waals surface area contributed by atoms with Gasteiger partial charge < -0.3 is 14.2 Å². The highest BCUT2D eigenvalue weighted by molar-refractivity contribution is 7.91. The minimum absolute atomic E-state index is 0.142. The monoisotopic (exact) mass is 444 g/mol. The number of carboxylic acid groups (broad SMARTS) is 1. The van der Waals surface area contributed by atoms with Crippen molar-refractivity contribution in [1.82, 2.24) is 9.55 Å². The first kappa shape index (κ1) is 20.8. The van der Waals surface area contributed by atoms with E-state index in [0.29, 0.717) is 11.4 Å². The van der Waals surface area contributed by atoms with Crippen molar-refractivity contribution in [3.8, 4) is 0 Å². The SMILES string of the molecule is O=C(O)CC1CCc2c(Cc3cccnc3[S+]([O-])c3ccccc3)c3ccccc3n2C1. The van der Waals surface area contributed by atoms with Crippen LogP contribution in [-0.4, -0.2) is 25.2 Å². The van der Waals surface area contributed by atoms with Crippen molar-refractivity contribution in [2.45, 2.75) is 42.1 Å². The maximum Gasteiger partial charge on any atom is 0.303 e. The van der Waals surface area contributed by atoms with Gasteiger partial charge in [-0.2, -0.15) is 0 Å². The molecule has 1 aliphatic rings. The van der Waals surface area contributed by atoms with Gasteiger partial charge in [-0.05, 0) is 48.6 Å². The summed E-state index contributed by atoms with van der Waals surface area (Å²) in [6, 6.07) is 21.6. The Morgan fingerprint density at radius 2 is 1.88 bits per heavy atom. The minimum Gasteiger partial charge on any atom is -0.605 e. The Labute approximate surface area is 189 Å². The highest BCUT2D eigenvalue weighted by Crippen LogP contribution is 2.36. The lowest BCUT2D eigenvalue weighted by Crippen LogP contribution is -2.22. The van der Waals surface area contributed by atoms with Gasteiger partial charge in [0.15, 0.2) is 4.90 Å². The van der Waals surface area contributed by atoms with Crippen LogP contribution < -0.4 is 0 Å². The van der Waals surface area contributed by atoms with Gasteiger partial charge in [0, 0.05) is 58.9 Å². The van der Waals surface area contributed by atoms with E-state index < -0.39 is 17.1 Å². The largest absolute Gasteiger partial charge is 0.605 e. The third kappa shape index (κ3) is 3.92. The number of para-hydroxylation sites is 1. The van der Waals surface area contributed by atoms with Gasteiger partial charge in [-0.1, -0.05) is 42.5 Å². The number of carbonyl (C=O) groups is 1. The standard InChI is InChI=1S/C26H24N2O3S/c29-25(30)15-18-12-13-24-22(21-10-4-5-11-23(21)28(24)17-18)16-19-7-6-14-27-26(19)32(31)20-8-2-1-3-9-20/h1-11,14,18H,12-13,15-17H2,(H,29,30). The zero-order chi connectivity index (χ0) is 22.1. The molecule has 0 fully saturated rings. The first-order valence-corrected chi connectivity index (χ1v) is 12.0. The van der Waals surface area contributed by atoms with Crippen LogP contribution in [0.25, 0.3) is 10.9 Å². The highest BCUT2D eigenvalue weighted by atomic mass is 32.2. The molecule has 2 aromatic carbocycles. The fourth-order valence-electron chi connectivity index (χ4n) is 4.80. The van der Waals surface area contributed by atoms with Crippen molar-refractivity contribution in [1.29, 1.82) is 0 Å². The molecule has 0 radical (unpaired) electrons. The molecule has 0 amide bonds. The van der Waals surface area contributed by atoms with Gasteiger partial charge in [0.2, 0.25) is 0 Å². The number of aromatic nitrogens is 2. The van der Waals surface area contributed by atoms with Crippen molar-refractivity contribution in [2.75, 3.05) is 0 Å². The van der Waals surface area contributed by atoms with Gasteiger partial charge in [0.05, 0.1) is 0 Å². The average molecular weight is 445 g/mol. The molecule has 5 nitrogen and oxygen atoms in total. The van der Waals surface area contributed by atoms with E-state index in [1.165, 1.54) is 16.6 Å². The lowest BCUT2D eigenvalue weighted by molar-refractivity contribution is -0.138. The van der Waals surface area contributed by atoms with Crippen LogP contribution in [0.5, 0.6) is 0 Å². The number of rotatable bonds is 6. The van der Waals surface area contributed by atoms with E-state index in [1.54, 1.807) is 6.20 Å². The third-order valence-corrected chi connectivity index (χ3v) is 7.66. The summed E-state index contributed by atoms with van der Waals surface area (Å²) in [5.41, 5.74) is 4.59. The van der Waals surface area contributed by atoms with Gasteiger partial charge in [0.1, 0.15) is 0 Å². The van der Waals surface area contributed by atoms with Crippen molar-refractivity contribution in [3.63, 3.8) is 0 Å². The summed E-state index contributed by atoms with van der Waals surface area (Å²) >= 11 is -1.35. The van der Waals surface area contributed by atoms with E-state index in [0.717, 1.165) is 35.4 Å². The molecule has 2 atom stereocenters. The molecule has 4 aromatic rings. The van der Waals surface area contributed by atoms with Gasteiger partial charge in [0.25, 0.3) is 5.03 Å². The summed E-state index contributed by atoms with van der Waals surface area (Å²) in [6.45, 7) is 0.720. The molecule has 0 saturated heterocycles. The fourth-order valence-corrected chi connectivity index (χ4v) is 5.96. The second-order valence-electron chi connectivity index (χ2n) is 8.28. The van der Waals surface area contributed by atoms with E-state index in [4.69, 9.17) is 0 Å². The van der Waals surface area contributed by atoms with Crippen LogP contribution in [0.2, 0.25) is 0 Å². The molecule has 6 heteroatoms. The van der Waals surface area contributed by atoms with E-state index >= 15 is 0 Å². The Balaban J connectivity index is 1.55. The summed E-state index contributed by atoms with van der Waals surface area (Å²) in [7, 11) is 0. The maximum atomic E-state index is 13.3. The van der Waals surface area contributed by atoms with E-state index in [9.17, 15) is 14.5 Å². The molecule has 32 heavy (non-hydrogen) atoms. The van der Waals surface area contributed by atoms with E-state index in [2.05, 4.69) is 21.7 Å². The molecular formula is C26H24N2O3S. The Morgan fingerprint density at radius 3 is 2.69 bits per heavy atom. The number of carboxylic acids is 1. The summed E-state index contributed by atoms with van der Waals surface area (Å²) in [5.74, 6) is -0.596. The van der Waals surface area contributed by atoms with Crippen LogP contribution in [0.3, 0.4) is 0 Å². The zero-order valence-corrected chi connectivity index (χ0v) is 18.4. The smallest absolute Gasteiger partial charge is 0.303 e. The molecule has 0 bridgehead atoms. The number of fused-ring (bicyclic) bond motifs is 3. The molecule has 1 aliphatic heterocycles. The van der Waals surface area contributed by atoms with Gasteiger partial charge >= 0.3 is 5.97 Å². The first-order valence-electron chi connectivity index (χ1n) is 10.8. The topological polar surface area (TPSA) is 78.2 Å². The van der Waals surface area contributed by atoms with Crippen molar-refractivity contribution in [2.24, 2.45) is 5.92 Å². The molecular weight excluding hydrogens is 420 g/mol. The van der Waals surface area contributed by atoms with Crippen LogP contribution in [0.1, 0.15) is 29.7 Å². The van der Waals surface area contributed by atoms with Gasteiger partial charge in [-0.25, -0.2) is 4.98 Å². The van der Waals surface area contributed by atoms with Gasteiger partial charge in [-0.3, -0.25) is 4.79 Å². The molecule has 5 rings (SSSR count). The van der Waals surface area contributed by atoms with Crippen LogP contribution in [0.15, 0.2) is 82.8 Å². The maximum absolute atomic E-state index is 13.3. The normalized spacial score (nSPS) is 16.6. The summed E-state index contributed by atoms with van der Waals surface area (Å²) in [4.78, 5) is 16.5. The molecule has 0 spiro atoms. The summed E-state index contributed by atoms with van der Waals surface area (Å²) in [5, 5.41) is 11.0. The average Bonchev–Trinajstić information content (AvgIpc) is 3.12. The van der Waals surface area contributed by atoms with Crippen LogP contribution in [0, 0.1) is 5.92 Å². The molecule has 162 valence electrons. The second kappa shape index (κ2) is 8.81. The number of hydrogen-bond donors (Lipinski definition) is 1. The van der Waals surface area contributed by atoms with Crippen LogP contribution >= 0.6 is 0 Å². The van der Waals surface area contributed by atoms with Gasteiger partial charge in [-0.15, -0.1) is 0 Å². The van der Waals surface area contributed by atoms with Crippen LogP contribution in [0.4, 0.5) is 0 Å². The molecule has 3 heterocycles. The lowest BCUT2D eigenvalue weighted by atomic mass is 9.92. The summed E-state index contributed by atoms with van der Waals surface area (Å²) in [6.07, 6.45) is 4.26. The Morgan fingerprint density at radius 1 is 1.09 bits per heavy atom. The molecule has 2 aromatic heterocycles. The Hall–Kier alpha value is -3.09. The fraction of sp³-hybridized carbons (Fsp3) is 0.231. The quantitative estimate of drug-likeness (QED) is 0.432. The van der Waals surface area contributed by atoms with E-state index in [1.807, 2.05) is 54.6 Å². The molecule has 0 saturated carbocycles. The number of pyridine rings is 1. The van der Waals surface area contributed by atoms with Crippen LogP contribution in [-0.2, 0) is 35.4 Å². The predicted molar refractivity (Wildman–Crippen MR) is 124 cm³/mol. The highest BCUT2D eigenvalue weighted by Gasteiger charge is 2.28. The number of nitrogens with zero attached hydrogens (tertiary/aromatic N) is 2. The summed E-state index contributed by atoms with van der Waals surface area (Å²) < 4.78 is 15.6. The Bertz CT molecular complexity index is 1270. The predicted octanol–water partition coefficient (Wildman–Crippen LogP) is 4.83. The van der Waals surface area contributed by atoms with Crippen molar-refractivity contribution >= 4 is 28.0 Å².